The second kappa shape index (κ2) is 6.56. The van der Waals surface area contributed by atoms with E-state index < -0.39 is 11.2 Å². The molecule has 0 aliphatic carbocycles. The molecule has 2 rings (SSSR count). The summed E-state index contributed by atoms with van der Waals surface area (Å²) in [6, 6.07) is 2.08. The van der Waals surface area contributed by atoms with E-state index in [1.807, 2.05) is 20.0 Å². The molecule has 121 valence electrons. The van der Waals surface area contributed by atoms with Gasteiger partial charge in [0.25, 0.3) is 0 Å². The van der Waals surface area contributed by atoms with Gasteiger partial charge in [0, 0.05) is 32.4 Å². The molecule has 1 aliphatic rings. The van der Waals surface area contributed by atoms with E-state index in [-0.39, 0.29) is 0 Å². The van der Waals surface area contributed by atoms with E-state index in [9.17, 15) is 5.11 Å². The van der Waals surface area contributed by atoms with Crippen LogP contribution in [0.15, 0.2) is 18.5 Å². The van der Waals surface area contributed by atoms with Crippen LogP contribution in [-0.2, 0) is 4.65 Å². The number of nitrogens with zero attached hydrogens (tertiary/aromatic N) is 3. The monoisotopic (exact) mass is 304 g/mol. The smallest absolute Gasteiger partial charge is 0.332 e. The predicted molar refractivity (Wildman–Crippen MR) is 90.8 cm³/mol. The van der Waals surface area contributed by atoms with Crippen LogP contribution in [0.5, 0.6) is 0 Å². The van der Waals surface area contributed by atoms with E-state index in [1.54, 1.807) is 27.5 Å². The van der Waals surface area contributed by atoms with Crippen molar-refractivity contribution >= 4 is 18.6 Å². The summed E-state index contributed by atoms with van der Waals surface area (Å²) in [6.07, 6.45) is 3.67. The van der Waals surface area contributed by atoms with Crippen molar-refractivity contribution in [3.63, 3.8) is 0 Å². The van der Waals surface area contributed by atoms with Crippen molar-refractivity contribution in [2.75, 3.05) is 38.1 Å². The lowest BCUT2D eigenvalue weighted by molar-refractivity contribution is -0.0893. The second-order valence-corrected chi connectivity index (χ2v) is 7.07. The summed E-state index contributed by atoms with van der Waals surface area (Å²) >= 11 is 0. The number of aromatic nitrogens is 1. The molecule has 0 atom stereocenters. The van der Waals surface area contributed by atoms with Gasteiger partial charge in [-0.3, -0.25) is 4.98 Å². The van der Waals surface area contributed by atoms with E-state index in [0.29, 0.717) is 0 Å². The first-order chi connectivity index (χ1) is 10.2. The van der Waals surface area contributed by atoms with Crippen LogP contribution >= 0.6 is 0 Å². The van der Waals surface area contributed by atoms with Gasteiger partial charge in [0.05, 0.1) is 23.1 Å². The highest BCUT2D eigenvalue weighted by Crippen LogP contribution is 2.24. The maximum atomic E-state index is 10.1. The summed E-state index contributed by atoms with van der Waals surface area (Å²) in [4.78, 5) is 8.98. The molecular formula is C16H27BN3O2. The van der Waals surface area contributed by atoms with Crippen molar-refractivity contribution < 1.29 is 9.76 Å². The van der Waals surface area contributed by atoms with Crippen LogP contribution in [0.25, 0.3) is 0 Å². The van der Waals surface area contributed by atoms with E-state index in [1.165, 1.54) is 0 Å². The molecule has 1 saturated heterocycles. The molecule has 0 bridgehead atoms. The predicted octanol–water partition coefficient (Wildman–Crippen LogP) is 0.644. The van der Waals surface area contributed by atoms with E-state index in [0.717, 1.165) is 37.3 Å². The van der Waals surface area contributed by atoms with Crippen molar-refractivity contribution in [3.8, 4) is 0 Å². The molecule has 2 heterocycles. The minimum Gasteiger partial charge on any atom is -0.427 e. The zero-order chi connectivity index (χ0) is 16.4. The molecule has 1 N–H and O–H groups in total. The van der Waals surface area contributed by atoms with Crippen molar-refractivity contribution in [2.24, 2.45) is 0 Å². The van der Waals surface area contributed by atoms with Crippen LogP contribution in [0.2, 0.25) is 0 Å². The van der Waals surface area contributed by atoms with Gasteiger partial charge in [-0.1, -0.05) is 0 Å². The molecule has 5 nitrogen and oxygen atoms in total. The van der Waals surface area contributed by atoms with Crippen molar-refractivity contribution in [3.05, 3.63) is 18.5 Å². The highest BCUT2D eigenvalue weighted by atomic mass is 16.5. The number of piperazine rings is 1. The molecule has 1 aromatic heterocycles. The third-order valence-electron chi connectivity index (χ3n) is 4.58. The van der Waals surface area contributed by atoms with Crippen molar-refractivity contribution in [1.29, 1.82) is 0 Å². The fourth-order valence-electron chi connectivity index (χ4n) is 2.11. The zero-order valence-electron chi connectivity index (χ0n) is 14.3. The Hall–Kier alpha value is -1.11. The SMILES string of the molecule is CN1CCN(c2cncc([B]OC(C)(C)C(C)(C)O)c2)CC1. The number of anilines is 1. The maximum Gasteiger partial charge on any atom is 0.332 e. The van der Waals surface area contributed by atoms with Crippen LogP contribution in [0.3, 0.4) is 0 Å². The third kappa shape index (κ3) is 4.21. The molecule has 1 aromatic rings. The molecule has 0 unspecified atom stereocenters. The largest absolute Gasteiger partial charge is 0.427 e. The van der Waals surface area contributed by atoms with E-state index in [2.05, 4.69) is 27.9 Å². The fraction of sp³-hybridized carbons (Fsp3) is 0.688. The van der Waals surface area contributed by atoms with Gasteiger partial charge in [-0.2, -0.15) is 0 Å². The number of likely N-dealkylation sites (N-methyl/N-ethyl adjacent to an activating group) is 1. The number of aliphatic hydroxyl groups is 1. The Morgan fingerprint density at radius 1 is 1.14 bits per heavy atom. The Morgan fingerprint density at radius 3 is 2.36 bits per heavy atom. The van der Waals surface area contributed by atoms with Gasteiger partial charge >= 0.3 is 7.48 Å². The molecule has 0 spiro atoms. The number of pyridine rings is 1. The van der Waals surface area contributed by atoms with Crippen LogP contribution in [0, 0.1) is 0 Å². The quantitative estimate of drug-likeness (QED) is 0.809. The first-order valence-electron chi connectivity index (χ1n) is 7.81. The van der Waals surface area contributed by atoms with Crippen molar-refractivity contribution in [1.82, 2.24) is 9.88 Å². The Bertz CT molecular complexity index is 494. The zero-order valence-corrected chi connectivity index (χ0v) is 14.3. The summed E-state index contributed by atoms with van der Waals surface area (Å²) in [5.74, 6) is 0. The molecule has 0 amide bonds. The van der Waals surface area contributed by atoms with Gasteiger partial charge in [-0.05, 0) is 46.3 Å². The normalized spacial score (nSPS) is 17.6. The van der Waals surface area contributed by atoms with Gasteiger partial charge in [0.1, 0.15) is 0 Å². The lowest BCUT2D eigenvalue weighted by Gasteiger charge is -2.37. The number of rotatable bonds is 5. The van der Waals surface area contributed by atoms with Gasteiger partial charge in [-0.25, -0.2) is 0 Å². The van der Waals surface area contributed by atoms with Gasteiger partial charge in [-0.15, -0.1) is 0 Å². The molecular weight excluding hydrogens is 277 g/mol. The van der Waals surface area contributed by atoms with E-state index >= 15 is 0 Å². The number of hydrogen-bond donors (Lipinski definition) is 1. The van der Waals surface area contributed by atoms with Crippen LogP contribution in [0.1, 0.15) is 27.7 Å². The Labute approximate surface area is 134 Å². The molecule has 1 fully saturated rings. The maximum absolute atomic E-state index is 10.1. The van der Waals surface area contributed by atoms with E-state index in [4.69, 9.17) is 4.65 Å². The molecule has 22 heavy (non-hydrogen) atoms. The molecule has 0 aromatic carbocycles. The van der Waals surface area contributed by atoms with Gasteiger partial charge in [0.2, 0.25) is 0 Å². The Balaban J connectivity index is 2.00. The van der Waals surface area contributed by atoms with Gasteiger partial charge in [0.15, 0.2) is 0 Å². The van der Waals surface area contributed by atoms with Gasteiger partial charge < -0.3 is 19.6 Å². The minimum absolute atomic E-state index is 0.670. The van der Waals surface area contributed by atoms with Crippen molar-refractivity contribution in [2.45, 2.75) is 38.9 Å². The van der Waals surface area contributed by atoms with Crippen LogP contribution in [-0.4, -0.2) is 66.9 Å². The van der Waals surface area contributed by atoms with Crippen LogP contribution < -0.4 is 10.4 Å². The fourth-order valence-corrected chi connectivity index (χ4v) is 2.11. The third-order valence-corrected chi connectivity index (χ3v) is 4.58. The number of hydrogen-bond acceptors (Lipinski definition) is 5. The highest BCUT2D eigenvalue weighted by molar-refractivity contribution is 6.47. The first kappa shape index (κ1) is 17.3. The average molecular weight is 304 g/mol. The molecule has 1 radical (unpaired) electrons. The molecule has 6 heteroatoms. The summed E-state index contributed by atoms with van der Waals surface area (Å²) < 4.78 is 5.80. The summed E-state index contributed by atoms with van der Waals surface area (Å²) in [5, 5.41) is 10.1. The molecule has 1 aliphatic heterocycles. The first-order valence-corrected chi connectivity index (χ1v) is 7.81. The Kier molecular flexibility index (Phi) is 5.15. The highest BCUT2D eigenvalue weighted by Gasteiger charge is 2.35. The van der Waals surface area contributed by atoms with Crippen LogP contribution in [0.4, 0.5) is 5.69 Å². The second-order valence-electron chi connectivity index (χ2n) is 7.07. The summed E-state index contributed by atoms with van der Waals surface area (Å²) in [6.45, 7) is 11.4. The minimum atomic E-state index is -0.925. The lowest BCUT2D eigenvalue weighted by Crippen LogP contribution is -2.49. The summed E-state index contributed by atoms with van der Waals surface area (Å²) in [7, 11) is 3.83. The lowest BCUT2D eigenvalue weighted by atomic mass is 9.83. The topological polar surface area (TPSA) is 48.8 Å². The average Bonchev–Trinajstić information content (AvgIpc) is 2.45. The Morgan fingerprint density at radius 2 is 1.77 bits per heavy atom. The molecule has 0 saturated carbocycles. The summed E-state index contributed by atoms with van der Waals surface area (Å²) in [5.41, 5.74) is 0.434. The standard InChI is InChI=1S/C16H27BN3O2/c1-15(2,21)16(3,4)22-17-13-10-14(12-18-11-13)20-8-6-19(5)7-9-20/h10-12,21H,6-9H2,1-5H3.